The zero-order chi connectivity index (χ0) is 21.6. The maximum absolute atomic E-state index is 13.7. The van der Waals surface area contributed by atoms with E-state index in [1.54, 1.807) is 42.5 Å². The molecule has 1 atom stereocenters. The summed E-state index contributed by atoms with van der Waals surface area (Å²) in [5, 5.41) is 1.05. The average molecular weight is 446 g/mol. The number of thioether (sulfide) groups is 1. The first kappa shape index (κ1) is 19.8. The van der Waals surface area contributed by atoms with Gasteiger partial charge in [-0.05, 0) is 53.6 Å². The van der Waals surface area contributed by atoms with Gasteiger partial charge in [-0.3, -0.25) is 4.79 Å². The number of sulfonamides is 1. The predicted octanol–water partition coefficient (Wildman–Crippen LogP) is 5.66. The molecule has 4 nitrogen and oxygen atoms in total. The molecule has 0 saturated heterocycles. The first-order valence-corrected chi connectivity index (χ1v) is 12.2. The van der Waals surface area contributed by atoms with Crippen molar-refractivity contribution in [3.8, 4) is 0 Å². The molecule has 5 rings (SSSR count). The lowest BCUT2D eigenvalue weighted by atomic mass is 10.0. The minimum Gasteiger partial charge on any atom is -0.291 e. The van der Waals surface area contributed by atoms with Gasteiger partial charge in [-0.15, -0.1) is 0 Å². The lowest BCUT2D eigenvalue weighted by Crippen LogP contribution is -2.46. The van der Waals surface area contributed by atoms with Crippen molar-refractivity contribution in [1.82, 2.24) is 0 Å². The fraction of sp³-hybridized carbons (Fsp3) is 0.0800. The molecule has 1 heterocycles. The summed E-state index contributed by atoms with van der Waals surface area (Å²) in [6.45, 7) is 1.91. The van der Waals surface area contributed by atoms with Gasteiger partial charge in [0.05, 0.1) is 5.69 Å². The average Bonchev–Trinajstić information content (AvgIpc) is 2.78. The van der Waals surface area contributed by atoms with E-state index in [4.69, 9.17) is 0 Å². The Kier molecular flexibility index (Phi) is 4.84. The van der Waals surface area contributed by atoms with Gasteiger partial charge in [0.25, 0.3) is 10.0 Å². The number of Topliss-reactive ketones (excluding diaryl/α,β-unsaturated/α-hetero) is 1. The minimum atomic E-state index is -3.91. The van der Waals surface area contributed by atoms with E-state index in [-0.39, 0.29) is 10.7 Å². The largest absolute Gasteiger partial charge is 0.291 e. The van der Waals surface area contributed by atoms with Gasteiger partial charge in [-0.25, -0.2) is 12.7 Å². The molecule has 0 fully saturated rings. The number of ketones is 1. The number of rotatable bonds is 3. The third-order valence-electron chi connectivity index (χ3n) is 5.36. The van der Waals surface area contributed by atoms with Gasteiger partial charge in [0.1, 0.15) is 4.90 Å². The fourth-order valence-corrected chi connectivity index (χ4v) is 7.40. The topological polar surface area (TPSA) is 54.5 Å². The highest BCUT2D eigenvalue weighted by Crippen LogP contribution is 2.44. The molecule has 0 saturated carbocycles. The molecule has 0 aromatic heterocycles. The summed E-state index contributed by atoms with van der Waals surface area (Å²) < 4.78 is 28.5. The van der Waals surface area contributed by atoms with Gasteiger partial charge in [0.15, 0.2) is 11.2 Å². The second-order valence-electron chi connectivity index (χ2n) is 7.48. The maximum Gasteiger partial charge on any atom is 0.266 e. The molecule has 4 aromatic rings. The van der Waals surface area contributed by atoms with Crippen molar-refractivity contribution in [2.75, 3.05) is 4.31 Å². The zero-order valence-corrected chi connectivity index (χ0v) is 18.4. The van der Waals surface area contributed by atoms with E-state index in [2.05, 4.69) is 0 Å². The fourth-order valence-electron chi connectivity index (χ4n) is 3.81. The lowest BCUT2D eigenvalue weighted by molar-refractivity contribution is 0.0991. The standard InChI is InChI=1S/C25H19NO3S2/c1-17-11-14-23-22(15-17)30-25(26(31(23,28)29)21-9-3-2-4-10-21)24(27)20-13-12-18-7-5-6-8-19(18)16-20/h2-16,25H,1H3. The molecule has 0 radical (unpaired) electrons. The first-order chi connectivity index (χ1) is 14.9. The van der Waals surface area contributed by atoms with Crippen molar-refractivity contribution in [2.24, 2.45) is 0 Å². The van der Waals surface area contributed by atoms with Gasteiger partial charge >= 0.3 is 0 Å². The summed E-state index contributed by atoms with van der Waals surface area (Å²) in [6.07, 6.45) is 0. The van der Waals surface area contributed by atoms with Crippen molar-refractivity contribution >= 4 is 44.0 Å². The van der Waals surface area contributed by atoms with E-state index in [0.29, 0.717) is 16.1 Å². The van der Waals surface area contributed by atoms with E-state index < -0.39 is 15.4 Å². The van der Waals surface area contributed by atoms with Crippen LogP contribution in [0, 0.1) is 6.92 Å². The Bertz CT molecular complexity index is 1420. The van der Waals surface area contributed by atoms with Gasteiger partial charge in [-0.1, -0.05) is 72.4 Å². The van der Waals surface area contributed by atoms with Crippen LogP contribution >= 0.6 is 11.8 Å². The molecule has 154 valence electrons. The number of carbonyl (C=O) groups is 1. The predicted molar refractivity (Wildman–Crippen MR) is 125 cm³/mol. The number of aryl methyl sites for hydroxylation is 1. The monoisotopic (exact) mass is 445 g/mol. The zero-order valence-electron chi connectivity index (χ0n) is 16.7. The summed E-state index contributed by atoms with van der Waals surface area (Å²) >= 11 is 1.28. The van der Waals surface area contributed by atoms with E-state index in [1.165, 1.54) is 16.1 Å². The number of hydrogen-bond donors (Lipinski definition) is 0. The van der Waals surface area contributed by atoms with Gasteiger partial charge in [0.2, 0.25) is 0 Å². The lowest BCUT2D eigenvalue weighted by Gasteiger charge is -2.36. The van der Waals surface area contributed by atoms with Gasteiger partial charge in [-0.2, -0.15) is 0 Å². The van der Waals surface area contributed by atoms with Crippen LogP contribution in [0.25, 0.3) is 10.8 Å². The SMILES string of the molecule is Cc1ccc2c(c1)SC(C(=O)c1ccc3ccccc3c1)N(c1ccccc1)S2(=O)=O. The van der Waals surface area contributed by atoms with Crippen LogP contribution in [0.1, 0.15) is 15.9 Å². The Hall–Kier alpha value is -3.09. The Morgan fingerprint density at radius 1 is 0.839 bits per heavy atom. The first-order valence-electron chi connectivity index (χ1n) is 9.85. The van der Waals surface area contributed by atoms with E-state index in [9.17, 15) is 13.2 Å². The molecule has 0 bridgehead atoms. The molecule has 0 spiro atoms. The van der Waals surface area contributed by atoms with Crippen molar-refractivity contribution in [2.45, 2.75) is 22.1 Å². The van der Waals surface area contributed by atoms with Crippen LogP contribution < -0.4 is 4.31 Å². The van der Waals surface area contributed by atoms with E-state index in [0.717, 1.165) is 16.3 Å². The van der Waals surface area contributed by atoms with Crippen LogP contribution in [0.4, 0.5) is 5.69 Å². The molecule has 0 amide bonds. The Morgan fingerprint density at radius 2 is 1.55 bits per heavy atom. The normalized spacial score (nSPS) is 17.3. The Morgan fingerprint density at radius 3 is 2.32 bits per heavy atom. The Balaban J connectivity index is 1.68. The van der Waals surface area contributed by atoms with E-state index >= 15 is 0 Å². The molecule has 31 heavy (non-hydrogen) atoms. The third-order valence-corrected chi connectivity index (χ3v) is 8.71. The molecule has 1 aliphatic rings. The van der Waals surface area contributed by atoms with Crippen LogP contribution in [0.5, 0.6) is 0 Å². The summed E-state index contributed by atoms with van der Waals surface area (Å²) in [6, 6.07) is 27.4. The smallest absolute Gasteiger partial charge is 0.266 e. The highest BCUT2D eigenvalue weighted by Gasteiger charge is 2.43. The number of hydrogen-bond acceptors (Lipinski definition) is 4. The minimum absolute atomic E-state index is 0.231. The molecule has 1 unspecified atom stereocenters. The summed E-state index contributed by atoms with van der Waals surface area (Å²) in [5.41, 5.74) is 1.91. The molecule has 0 aliphatic carbocycles. The number of anilines is 1. The van der Waals surface area contributed by atoms with Crippen LogP contribution in [-0.4, -0.2) is 19.6 Å². The van der Waals surface area contributed by atoms with Crippen LogP contribution in [0.2, 0.25) is 0 Å². The number of carbonyl (C=O) groups excluding carboxylic acids is 1. The highest BCUT2D eigenvalue weighted by molar-refractivity contribution is 8.04. The molecule has 6 heteroatoms. The van der Waals surface area contributed by atoms with Crippen molar-refractivity contribution in [3.63, 3.8) is 0 Å². The van der Waals surface area contributed by atoms with Gasteiger partial charge < -0.3 is 0 Å². The molecule has 1 aliphatic heterocycles. The maximum atomic E-state index is 13.7. The second kappa shape index (κ2) is 7.55. The molecular weight excluding hydrogens is 426 g/mol. The van der Waals surface area contributed by atoms with Crippen LogP contribution in [0.15, 0.2) is 101 Å². The van der Waals surface area contributed by atoms with Crippen LogP contribution in [0.3, 0.4) is 0 Å². The highest BCUT2D eigenvalue weighted by atomic mass is 32.2. The Labute approximate surface area is 185 Å². The number of para-hydroxylation sites is 1. The number of fused-ring (bicyclic) bond motifs is 2. The molecule has 4 aromatic carbocycles. The van der Waals surface area contributed by atoms with Crippen molar-refractivity contribution < 1.29 is 13.2 Å². The second-order valence-corrected chi connectivity index (χ2v) is 10.4. The van der Waals surface area contributed by atoms with Crippen LogP contribution in [-0.2, 0) is 10.0 Å². The number of benzene rings is 4. The van der Waals surface area contributed by atoms with Crippen molar-refractivity contribution in [3.05, 3.63) is 102 Å². The van der Waals surface area contributed by atoms with E-state index in [1.807, 2.05) is 55.5 Å². The summed E-state index contributed by atoms with van der Waals surface area (Å²) in [7, 11) is -3.91. The van der Waals surface area contributed by atoms with Gasteiger partial charge in [0, 0.05) is 10.5 Å². The quantitative estimate of drug-likeness (QED) is 0.382. The molecule has 0 N–H and O–H groups in total. The summed E-state index contributed by atoms with van der Waals surface area (Å²) in [4.78, 5) is 14.5. The number of nitrogens with zero attached hydrogens (tertiary/aromatic N) is 1. The third kappa shape index (κ3) is 3.42. The molecular formula is C25H19NO3S2. The summed E-state index contributed by atoms with van der Waals surface area (Å²) in [5.74, 6) is -0.240. The van der Waals surface area contributed by atoms with Crippen molar-refractivity contribution in [1.29, 1.82) is 0 Å².